The predicted molar refractivity (Wildman–Crippen MR) is 97.2 cm³/mol. The summed E-state index contributed by atoms with van der Waals surface area (Å²) < 4.78 is 0. The fourth-order valence-electron chi connectivity index (χ4n) is 3.51. The monoisotopic (exact) mass is 334 g/mol. The molecule has 0 spiro atoms. The number of aryl methyl sites for hydroxylation is 2. The molecule has 0 aliphatic carbocycles. The zero-order chi connectivity index (χ0) is 17.9. The van der Waals surface area contributed by atoms with E-state index in [1.807, 2.05) is 19.1 Å². The third-order valence-electron chi connectivity index (χ3n) is 4.64. The Balaban J connectivity index is 2.24. The molecule has 1 aromatic carbocycles. The number of nitrogens with one attached hydrogen (secondary N) is 1. The summed E-state index contributed by atoms with van der Waals surface area (Å²) in [5, 5.41) is 11.1. The molecular formula is C19H18N4O2. The van der Waals surface area contributed by atoms with E-state index in [9.17, 15) is 9.90 Å². The van der Waals surface area contributed by atoms with Gasteiger partial charge in [-0.05, 0) is 37.5 Å². The summed E-state index contributed by atoms with van der Waals surface area (Å²) in [5.74, 6) is -0.755. The number of pyridine rings is 1. The van der Waals surface area contributed by atoms with E-state index < -0.39 is 5.97 Å². The van der Waals surface area contributed by atoms with Crippen LogP contribution in [0.4, 0.5) is 0 Å². The van der Waals surface area contributed by atoms with Gasteiger partial charge in [-0.2, -0.15) is 0 Å². The van der Waals surface area contributed by atoms with Crippen LogP contribution >= 0.6 is 0 Å². The minimum Gasteiger partial charge on any atom is -0.477 e. The summed E-state index contributed by atoms with van der Waals surface area (Å²) in [6.07, 6.45) is 1.53. The fourth-order valence-corrected chi connectivity index (χ4v) is 3.51. The van der Waals surface area contributed by atoms with Crippen LogP contribution in [-0.2, 0) is 0 Å². The number of aromatic amines is 1. The lowest BCUT2D eigenvalue weighted by atomic mass is 10.0. The van der Waals surface area contributed by atoms with Crippen molar-refractivity contribution in [2.45, 2.75) is 33.6 Å². The average molecular weight is 334 g/mol. The lowest BCUT2D eigenvalue weighted by Crippen LogP contribution is -2.03. The van der Waals surface area contributed by atoms with E-state index in [0.717, 1.165) is 38.7 Å². The molecule has 3 heterocycles. The Morgan fingerprint density at radius 3 is 2.56 bits per heavy atom. The maximum Gasteiger partial charge on any atom is 0.354 e. The zero-order valence-corrected chi connectivity index (χ0v) is 14.5. The Kier molecular flexibility index (Phi) is 3.25. The number of hydrogen-bond acceptors (Lipinski definition) is 4. The van der Waals surface area contributed by atoms with E-state index >= 15 is 0 Å². The Labute approximate surface area is 143 Å². The van der Waals surface area contributed by atoms with Crippen LogP contribution in [0.1, 0.15) is 47.2 Å². The fraction of sp³-hybridized carbons (Fsp3) is 0.263. The second-order valence-electron chi connectivity index (χ2n) is 6.67. The standard InChI is InChI=1S/C19H18N4O2/c1-8(2)16-10(4)21-12-6-5-11-15(18(12)23-16)14-9(3)17(19(24)25)20-7-13(14)22-11/h5-8,21H,1-4H3,(H,24,25). The van der Waals surface area contributed by atoms with Gasteiger partial charge in [0.25, 0.3) is 0 Å². The summed E-state index contributed by atoms with van der Waals surface area (Å²) in [7, 11) is 0. The molecule has 0 radical (unpaired) electrons. The molecule has 0 aliphatic rings. The van der Waals surface area contributed by atoms with Crippen LogP contribution in [0.25, 0.3) is 32.8 Å². The summed E-state index contributed by atoms with van der Waals surface area (Å²) in [6, 6.07) is 3.90. The Morgan fingerprint density at radius 1 is 1.12 bits per heavy atom. The largest absolute Gasteiger partial charge is 0.477 e. The molecule has 0 saturated carbocycles. The molecular weight excluding hydrogens is 316 g/mol. The molecule has 3 aromatic heterocycles. The van der Waals surface area contributed by atoms with Crippen molar-refractivity contribution in [2.75, 3.05) is 0 Å². The molecule has 0 fully saturated rings. The minimum absolute atomic E-state index is 0.0546. The van der Waals surface area contributed by atoms with Crippen LogP contribution in [0, 0.1) is 13.8 Å². The molecule has 25 heavy (non-hydrogen) atoms. The van der Waals surface area contributed by atoms with Crippen molar-refractivity contribution >= 4 is 38.8 Å². The highest BCUT2D eigenvalue weighted by Crippen LogP contribution is 2.34. The number of fused-ring (bicyclic) bond motifs is 5. The minimum atomic E-state index is -1.03. The molecule has 0 atom stereocenters. The van der Waals surface area contributed by atoms with E-state index in [0.29, 0.717) is 11.1 Å². The number of aromatic nitrogens is 4. The van der Waals surface area contributed by atoms with Crippen molar-refractivity contribution in [3.05, 3.63) is 41.0 Å². The molecule has 0 bridgehead atoms. The molecule has 0 unspecified atom stereocenters. The summed E-state index contributed by atoms with van der Waals surface area (Å²) in [6.45, 7) is 8.01. The van der Waals surface area contributed by atoms with Gasteiger partial charge in [0, 0.05) is 16.5 Å². The van der Waals surface area contributed by atoms with Crippen LogP contribution in [0.15, 0.2) is 18.3 Å². The van der Waals surface area contributed by atoms with Crippen LogP contribution < -0.4 is 0 Å². The topological polar surface area (TPSA) is 91.8 Å². The predicted octanol–water partition coefficient (Wildman–Crippen LogP) is 4.10. The number of carbonyl (C=O) groups is 1. The molecule has 4 rings (SSSR count). The van der Waals surface area contributed by atoms with Gasteiger partial charge in [-0.1, -0.05) is 13.8 Å². The van der Waals surface area contributed by atoms with Crippen LogP contribution in [-0.4, -0.2) is 31.0 Å². The third kappa shape index (κ3) is 2.17. The first-order chi connectivity index (χ1) is 11.9. The second kappa shape index (κ2) is 5.24. The zero-order valence-electron chi connectivity index (χ0n) is 14.5. The van der Waals surface area contributed by atoms with E-state index in [1.165, 1.54) is 6.20 Å². The van der Waals surface area contributed by atoms with Gasteiger partial charge in [0.1, 0.15) is 0 Å². The summed E-state index contributed by atoms with van der Waals surface area (Å²) in [5.41, 5.74) is 5.94. The lowest BCUT2D eigenvalue weighted by molar-refractivity contribution is 0.0690. The molecule has 6 heteroatoms. The number of nitrogens with zero attached hydrogens (tertiary/aromatic N) is 3. The maximum atomic E-state index is 11.5. The Bertz CT molecular complexity index is 1170. The highest BCUT2D eigenvalue weighted by molar-refractivity contribution is 6.20. The van der Waals surface area contributed by atoms with Crippen molar-refractivity contribution in [1.29, 1.82) is 0 Å². The lowest BCUT2D eigenvalue weighted by Gasteiger charge is -2.11. The van der Waals surface area contributed by atoms with E-state index in [-0.39, 0.29) is 11.6 Å². The first-order valence-electron chi connectivity index (χ1n) is 8.20. The Hall–Kier alpha value is -3.02. The molecule has 4 aromatic rings. The maximum absolute atomic E-state index is 11.5. The number of benzene rings is 1. The van der Waals surface area contributed by atoms with Crippen molar-refractivity contribution < 1.29 is 9.90 Å². The smallest absolute Gasteiger partial charge is 0.354 e. The molecule has 6 nitrogen and oxygen atoms in total. The van der Waals surface area contributed by atoms with E-state index in [1.54, 1.807) is 6.92 Å². The highest BCUT2D eigenvalue weighted by atomic mass is 16.4. The molecule has 2 N–H and O–H groups in total. The van der Waals surface area contributed by atoms with Crippen molar-refractivity contribution in [3.63, 3.8) is 0 Å². The highest BCUT2D eigenvalue weighted by Gasteiger charge is 2.19. The normalized spacial score (nSPS) is 11.9. The van der Waals surface area contributed by atoms with E-state index in [4.69, 9.17) is 4.98 Å². The SMILES string of the molecule is Cc1[nH]c2ccc3nc4cnc(C(=O)O)c(C)c4c3c2nc1C(C)C. The van der Waals surface area contributed by atoms with Crippen LogP contribution in [0.2, 0.25) is 0 Å². The quantitative estimate of drug-likeness (QED) is 0.576. The van der Waals surface area contributed by atoms with Crippen molar-refractivity contribution in [1.82, 2.24) is 19.9 Å². The number of rotatable bonds is 2. The van der Waals surface area contributed by atoms with Gasteiger partial charge in [0.05, 0.1) is 34.0 Å². The average Bonchev–Trinajstić information content (AvgIpc) is 2.93. The van der Waals surface area contributed by atoms with Gasteiger partial charge >= 0.3 is 5.97 Å². The van der Waals surface area contributed by atoms with Gasteiger partial charge in [0.2, 0.25) is 0 Å². The molecule has 0 saturated heterocycles. The molecule has 126 valence electrons. The summed E-state index contributed by atoms with van der Waals surface area (Å²) >= 11 is 0. The third-order valence-corrected chi connectivity index (χ3v) is 4.64. The van der Waals surface area contributed by atoms with Crippen molar-refractivity contribution in [3.8, 4) is 0 Å². The van der Waals surface area contributed by atoms with Crippen LogP contribution in [0.3, 0.4) is 0 Å². The van der Waals surface area contributed by atoms with Gasteiger partial charge in [-0.25, -0.2) is 19.7 Å². The van der Waals surface area contributed by atoms with Gasteiger partial charge in [-0.3, -0.25) is 0 Å². The van der Waals surface area contributed by atoms with Gasteiger partial charge in [-0.15, -0.1) is 0 Å². The second-order valence-corrected chi connectivity index (χ2v) is 6.67. The number of carboxylic acids is 1. The summed E-state index contributed by atoms with van der Waals surface area (Å²) in [4.78, 5) is 28.5. The van der Waals surface area contributed by atoms with Crippen LogP contribution in [0.5, 0.6) is 0 Å². The van der Waals surface area contributed by atoms with Crippen molar-refractivity contribution in [2.24, 2.45) is 0 Å². The first-order valence-corrected chi connectivity index (χ1v) is 8.20. The number of hydrogen-bond donors (Lipinski definition) is 2. The number of aromatic carboxylic acids is 1. The number of H-pyrrole nitrogens is 1. The first kappa shape index (κ1) is 15.5. The number of carboxylic acid groups (broad SMARTS) is 1. The van der Waals surface area contributed by atoms with Gasteiger partial charge < -0.3 is 10.1 Å². The molecule has 0 aliphatic heterocycles. The van der Waals surface area contributed by atoms with E-state index in [2.05, 4.69) is 28.8 Å². The Morgan fingerprint density at radius 2 is 1.88 bits per heavy atom. The van der Waals surface area contributed by atoms with Gasteiger partial charge in [0.15, 0.2) is 5.69 Å². The molecule has 0 amide bonds.